The van der Waals surface area contributed by atoms with Crippen LogP contribution in [0.5, 0.6) is 0 Å². The van der Waals surface area contributed by atoms with Crippen LogP contribution in [-0.4, -0.2) is 0 Å². The van der Waals surface area contributed by atoms with Gasteiger partial charge in [-0.25, -0.2) is 0 Å². The van der Waals surface area contributed by atoms with Crippen molar-refractivity contribution in [1.82, 2.24) is 0 Å². The van der Waals surface area contributed by atoms with Crippen molar-refractivity contribution >= 4 is 66.3 Å². The third kappa shape index (κ3) is 1.98. The van der Waals surface area contributed by atoms with Crippen molar-refractivity contribution in [3.8, 4) is 11.1 Å². The lowest BCUT2D eigenvalue weighted by Gasteiger charge is -2.02. The van der Waals surface area contributed by atoms with Gasteiger partial charge in [0.25, 0.3) is 0 Å². The van der Waals surface area contributed by atoms with Crippen LogP contribution in [0.3, 0.4) is 0 Å². The number of thioether (sulfide) groups is 1. The highest BCUT2D eigenvalue weighted by Gasteiger charge is 2.25. The summed E-state index contributed by atoms with van der Waals surface area (Å²) in [4.78, 5) is 5.80. The molecule has 0 fully saturated rings. The van der Waals surface area contributed by atoms with Crippen LogP contribution in [0.15, 0.2) is 8.95 Å². The van der Waals surface area contributed by atoms with E-state index in [0.29, 0.717) is 0 Å². The van der Waals surface area contributed by atoms with E-state index in [0.717, 1.165) is 11.5 Å². The molecule has 0 unspecified atom stereocenters. The minimum atomic E-state index is 1.14. The number of thiophene rings is 2. The van der Waals surface area contributed by atoms with E-state index in [9.17, 15) is 0 Å². The third-order valence-corrected chi connectivity index (χ3v) is 8.95. The maximum Gasteiger partial charge on any atom is 0.0394 e. The standard InChI is InChI=1S/C12H10Br2S3/c1-5-11(13)9-7(16-5)3-15-4-8-10(9)12(14)6(2)17-8/h3-4H2,1-2H3. The highest BCUT2D eigenvalue weighted by molar-refractivity contribution is 9.11. The molecule has 0 amide bonds. The normalized spacial score (nSPS) is 14.4. The van der Waals surface area contributed by atoms with Crippen molar-refractivity contribution in [3.05, 3.63) is 28.5 Å². The molecule has 2 aromatic rings. The fourth-order valence-electron chi connectivity index (χ4n) is 2.10. The molecule has 0 bridgehead atoms. The van der Waals surface area contributed by atoms with Gasteiger partial charge in [0.2, 0.25) is 0 Å². The molecule has 0 aliphatic carbocycles. The van der Waals surface area contributed by atoms with Crippen LogP contribution < -0.4 is 0 Å². The molecule has 3 rings (SSSR count). The van der Waals surface area contributed by atoms with Gasteiger partial charge in [-0.2, -0.15) is 11.8 Å². The lowest BCUT2D eigenvalue weighted by atomic mass is 10.1. The number of fused-ring (bicyclic) bond motifs is 3. The Bertz CT molecular complexity index is 543. The van der Waals surface area contributed by atoms with Crippen molar-refractivity contribution in [1.29, 1.82) is 0 Å². The number of halogens is 2. The average Bonchev–Trinajstić information content (AvgIpc) is 2.64. The summed E-state index contributed by atoms with van der Waals surface area (Å²) < 4.78 is 2.58. The molecule has 1 aliphatic rings. The Balaban J connectivity index is 2.36. The maximum absolute atomic E-state index is 3.77. The van der Waals surface area contributed by atoms with Gasteiger partial charge >= 0.3 is 0 Å². The van der Waals surface area contributed by atoms with Crippen molar-refractivity contribution in [2.75, 3.05) is 0 Å². The summed E-state index contributed by atoms with van der Waals surface area (Å²) in [7, 11) is 0. The van der Waals surface area contributed by atoms with Gasteiger partial charge in [0.1, 0.15) is 0 Å². The quantitative estimate of drug-likeness (QED) is 0.487. The summed E-state index contributed by atoms with van der Waals surface area (Å²) in [5.74, 6) is 2.28. The maximum atomic E-state index is 3.77. The van der Waals surface area contributed by atoms with Gasteiger partial charge in [0.15, 0.2) is 0 Å². The van der Waals surface area contributed by atoms with Crippen LogP contribution in [0.2, 0.25) is 0 Å². The molecule has 0 nitrogen and oxygen atoms in total. The Morgan fingerprint density at radius 2 is 1.24 bits per heavy atom. The van der Waals surface area contributed by atoms with Crippen LogP contribution in [-0.2, 0) is 11.5 Å². The van der Waals surface area contributed by atoms with Crippen LogP contribution in [0.25, 0.3) is 11.1 Å². The van der Waals surface area contributed by atoms with Gasteiger partial charge in [-0.15, -0.1) is 22.7 Å². The Hall–Kier alpha value is 0.710. The fourth-order valence-corrected chi connectivity index (χ4v) is 7.19. The van der Waals surface area contributed by atoms with Crippen LogP contribution in [0.1, 0.15) is 19.5 Å². The number of hydrogen-bond acceptors (Lipinski definition) is 3. The summed E-state index contributed by atoms with van der Waals surface area (Å²) in [5.41, 5.74) is 2.87. The number of rotatable bonds is 0. The van der Waals surface area contributed by atoms with E-state index in [4.69, 9.17) is 0 Å². The van der Waals surface area contributed by atoms with Crippen molar-refractivity contribution in [2.45, 2.75) is 25.4 Å². The van der Waals surface area contributed by atoms with E-state index in [-0.39, 0.29) is 0 Å². The molecule has 0 aromatic carbocycles. The monoisotopic (exact) mass is 408 g/mol. The summed E-state index contributed by atoms with van der Waals surface area (Å²) >= 11 is 13.4. The molecule has 2 aromatic heterocycles. The van der Waals surface area contributed by atoms with Gasteiger partial charge in [-0.1, -0.05) is 0 Å². The van der Waals surface area contributed by atoms with Crippen molar-refractivity contribution in [3.63, 3.8) is 0 Å². The topological polar surface area (TPSA) is 0 Å². The van der Waals surface area contributed by atoms with Gasteiger partial charge < -0.3 is 0 Å². The molecule has 0 spiro atoms. The predicted molar refractivity (Wildman–Crippen MR) is 87.5 cm³/mol. The van der Waals surface area contributed by atoms with Gasteiger partial charge in [0, 0.05) is 51.1 Å². The smallest absolute Gasteiger partial charge is 0.0394 e. The fraction of sp³-hybridized carbons (Fsp3) is 0.333. The second-order valence-electron chi connectivity index (χ2n) is 4.03. The molecule has 0 saturated heterocycles. The van der Waals surface area contributed by atoms with E-state index in [1.165, 1.54) is 39.6 Å². The molecule has 5 heteroatoms. The molecular weight excluding hydrogens is 400 g/mol. The molecule has 0 N–H and O–H groups in total. The minimum Gasteiger partial charge on any atom is -0.151 e. The van der Waals surface area contributed by atoms with E-state index in [1.54, 1.807) is 0 Å². The Morgan fingerprint density at radius 3 is 1.65 bits per heavy atom. The zero-order valence-corrected chi connectivity index (χ0v) is 15.0. The molecule has 17 heavy (non-hydrogen) atoms. The van der Waals surface area contributed by atoms with E-state index in [1.807, 2.05) is 34.4 Å². The highest BCUT2D eigenvalue weighted by atomic mass is 79.9. The molecule has 1 aliphatic heterocycles. The Morgan fingerprint density at radius 1 is 0.824 bits per heavy atom. The number of hydrogen-bond donors (Lipinski definition) is 0. The Kier molecular flexibility index (Phi) is 3.50. The summed E-state index contributed by atoms with van der Waals surface area (Å²) in [6, 6.07) is 0. The van der Waals surface area contributed by atoms with E-state index >= 15 is 0 Å². The number of aryl methyl sites for hydroxylation is 2. The molecule has 90 valence electrons. The summed E-state index contributed by atoms with van der Waals surface area (Å²) in [5, 5.41) is 0. The van der Waals surface area contributed by atoms with Gasteiger partial charge in [0.05, 0.1) is 0 Å². The largest absolute Gasteiger partial charge is 0.151 e. The molecular formula is C12H10Br2S3. The van der Waals surface area contributed by atoms with Gasteiger partial charge in [-0.3, -0.25) is 0 Å². The van der Waals surface area contributed by atoms with Crippen LogP contribution in [0.4, 0.5) is 0 Å². The van der Waals surface area contributed by atoms with Gasteiger partial charge in [-0.05, 0) is 45.7 Å². The first-order valence-corrected chi connectivity index (χ1v) is 9.60. The first-order chi connectivity index (χ1) is 8.09. The lowest BCUT2D eigenvalue weighted by molar-refractivity contribution is 1.49. The summed E-state index contributed by atoms with van der Waals surface area (Å²) in [6.07, 6.45) is 0. The molecule has 0 radical (unpaired) electrons. The van der Waals surface area contributed by atoms with Crippen molar-refractivity contribution in [2.24, 2.45) is 0 Å². The second-order valence-corrected chi connectivity index (χ2v) is 9.22. The zero-order chi connectivity index (χ0) is 12.2. The molecule has 0 atom stereocenters. The predicted octanol–water partition coefficient (Wildman–Crippen LogP) is 6.37. The third-order valence-electron chi connectivity index (χ3n) is 2.88. The van der Waals surface area contributed by atoms with E-state index in [2.05, 4.69) is 45.7 Å². The minimum absolute atomic E-state index is 1.14. The first-order valence-electron chi connectivity index (χ1n) is 5.23. The average molecular weight is 410 g/mol. The lowest BCUT2D eigenvalue weighted by Crippen LogP contribution is -1.81. The van der Waals surface area contributed by atoms with Crippen LogP contribution >= 0.6 is 66.3 Å². The highest BCUT2D eigenvalue weighted by Crippen LogP contribution is 2.51. The van der Waals surface area contributed by atoms with E-state index < -0.39 is 0 Å². The first kappa shape index (κ1) is 12.7. The summed E-state index contributed by atoms with van der Waals surface area (Å²) in [6.45, 7) is 4.39. The molecule has 3 heterocycles. The SMILES string of the molecule is Cc1sc2c(c1Br)-c1c(sc(C)c1Br)CSC2. The van der Waals surface area contributed by atoms with Crippen molar-refractivity contribution < 1.29 is 0 Å². The zero-order valence-electron chi connectivity index (χ0n) is 9.39. The van der Waals surface area contributed by atoms with Crippen LogP contribution in [0, 0.1) is 13.8 Å². The molecule has 0 saturated carbocycles. The Labute approximate surface area is 130 Å². The second kappa shape index (κ2) is 4.67.